The molecule has 2 atom stereocenters. The summed E-state index contributed by atoms with van der Waals surface area (Å²) in [5.41, 5.74) is 2.72. The molecule has 4 rings (SSSR count). The number of hydrogen-bond donors (Lipinski definition) is 0. The second-order valence-electron chi connectivity index (χ2n) is 10.9. The number of carbonyl (C=O) groups excluding carboxylic acids is 2. The standard InChI is InChI=1S/C32H38N2O3/c1-24(2)29-32(3,4)37-31(36)34(29)30(35)28(20-25-14-8-5-9-15-25)23-33(21-26-16-10-6-11-17-26)22-27-18-12-7-13-19-27/h5-19,24,28-29H,20-23H2,1-4H3/t28-,29+/m1/s1. The summed E-state index contributed by atoms with van der Waals surface area (Å²) in [5, 5.41) is 0. The predicted molar refractivity (Wildman–Crippen MR) is 147 cm³/mol. The Morgan fingerprint density at radius 1 is 0.838 bits per heavy atom. The van der Waals surface area contributed by atoms with Gasteiger partial charge in [-0.3, -0.25) is 9.69 Å². The van der Waals surface area contributed by atoms with Gasteiger partial charge in [-0.25, -0.2) is 9.69 Å². The minimum Gasteiger partial charge on any atom is -0.441 e. The first-order valence-electron chi connectivity index (χ1n) is 13.1. The number of ether oxygens (including phenoxy) is 1. The molecule has 1 saturated heterocycles. The molecule has 0 bridgehead atoms. The second kappa shape index (κ2) is 11.7. The fourth-order valence-electron chi connectivity index (χ4n) is 5.59. The van der Waals surface area contributed by atoms with Crippen LogP contribution in [0.3, 0.4) is 0 Å². The number of imide groups is 1. The van der Waals surface area contributed by atoms with E-state index in [0.29, 0.717) is 26.1 Å². The molecule has 3 aromatic rings. The lowest BCUT2D eigenvalue weighted by molar-refractivity contribution is -0.135. The first-order valence-corrected chi connectivity index (χ1v) is 13.1. The van der Waals surface area contributed by atoms with Crippen molar-refractivity contribution in [2.45, 2.75) is 58.8 Å². The summed E-state index contributed by atoms with van der Waals surface area (Å²) >= 11 is 0. The SMILES string of the molecule is CC(C)[C@@H]1N(C(=O)[C@H](Cc2ccccc2)CN(Cc2ccccc2)Cc2ccccc2)C(=O)OC1(C)C. The van der Waals surface area contributed by atoms with E-state index in [1.807, 2.05) is 94.4 Å². The van der Waals surface area contributed by atoms with E-state index in [0.717, 1.165) is 5.56 Å². The molecule has 1 heterocycles. The van der Waals surface area contributed by atoms with Crippen LogP contribution in [0.15, 0.2) is 91.0 Å². The van der Waals surface area contributed by atoms with E-state index < -0.39 is 17.6 Å². The van der Waals surface area contributed by atoms with E-state index in [1.54, 1.807) is 0 Å². The van der Waals surface area contributed by atoms with E-state index in [1.165, 1.54) is 16.0 Å². The minimum atomic E-state index is -0.730. The molecule has 0 radical (unpaired) electrons. The maximum atomic E-state index is 14.2. The van der Waals surface area contributed by atoms with Crippen molar-refractivity contribution in [2.75, 3.05) is 6.54 Å². The van der Waals surface area contributed by atoms with Crippen molar-refractivity contribution in [1.82, 2.24) is 9.80 Å². The number of nitrogens with zero attached hydrogens (tertiary/aromatic N) is 2. The molecule has 0 aromatic heterocycles. The summed E-state index contributed by atoms with van der Waals surface area (Å²) in [6.07, 6.45) is 0.0128. The molecule has 1 aliphatic heterocycles. The molecule has 0 aliphatic carbocycles. The first kappa shape index (κ1) is 26.6. The quantitative estimate of drug-likeness (QED) is 0.328. The van der Waals surface area contributed by atoms with Crippen LogP contribution < -0.4 is 0 Å². The van der Waals surface area contributed by atoms with Gasteiger partial charge in [0.1, 0.15) is 5.60 Å². The van der Waals surface area contributed by atoms with E-state index in [9.17, 15) is 9.59 Å². The van der Waals surface area contributed by atoms with Crippen molar-refractivity contribution in [1.29, 1.82) is 0 Å². The van der Waals surface area contributed by atoms with Gasteiger partial charge in [0.2, 0.25) is 5.91 Å². The molecule has 0 N–H and O–H groups in total. The highest BCUT2D eigenvalue weighted by atomic mass is 16.6. The Bertz CT molecular complexity index is 1120. The van der Waals surface area contributed by atoms with Crippen molar-refractivity contribution in [3.63, 3.8) is 0 Å². The van der Waals surface area contributed by atoms with Gasteiger partial charge in [-0.05, 0) is 42.9 Å². The summed E-state index contributed by atoms with van der Waals surface area (Å²) < 4.78 is 5.71. The monoisotopic (exact) mass is 498 g/mol. The van der Waals surface area contributed by atoms with Crippen molar-refractivity contribution < 1.29 is 14.3 Å². The van der Waals surface area contributed by atoms with Gasteiger partial charge in [0, 0.05) is 19.6 Å². The van der Waals surface area contributed by atoms with Crippen molar-refractivity contribution >= 4 is 12.0 Å². The molecular formula is C32H38N2O3. The zero-order chi connectivity index (χ0) is 26.4. The molecule has 1 fully saturated rings. The molecule has 2 amide bonds. The van der Waals surface area contributed by atoms with Gasteiger partial charge in [-0.2, -0.15) is 0 Å². The van der Waals surface area contributed by atoms with E-state index in [2.05, 4.69) is 29.2 Å². The van der Waals surface area contributed by atoms with Crippen LogP contribution >= 0.6 is 0 Å². The smallest absolute Gasteiger partial charge is 0.417 e. The highest BCUT2D eigenvalue weighted by Crippen LogP contribution is 2.35. The van der Waals surface area contributed by atoms with E-state index >= 15 is 0 Å². The van der Waals surface area contributed by atoms with Gasteiger partial charge < -0.3 is 4.74 Å². The van der Waals surface area contributed by atoms with Gasteiger partial charge >= 0.3 is 6.09 Å². The number of benzene rings is 3. The van der Waals surface area contributed by atoms with E-state index in [4.69, 9.17) is 4.74 Å². The Labute approximate surface area is 221 Å². The predicted octanol–water partition coefficient (Wildman–Crippen LogP) is 6.33. The van der Waals surface area contributed by atoms with E-state index in [-0.39, 0.29) is 17.9 Å². The molecule has 37 heavy (non-hydrogen) atoms. The summed E-state index contributed by atoms with van der Waals surface area (Å²) in [7, 11) is 0. The Balaban J connectivity index is 1.66. The highest BCUT2D eigenvalue weighted by Gasteiger charge is 2.53. The van der Waals surface area contributed by atoms with Crippen LogP contribution in [0.5, 0.6) is 0 Å². The average Bonchev–Trinajstić information content (AvgIpc) is 3.13. The van der Waals surface area contributed by atoms with Gasteiger partial charge in [-0.15, -0.1) is 0 Å². The minimum absolute atomic E-state index is 0.0764. The van der Waals surface area contributed by atoms with Gasteiger partial charge in [-0.1, -0.05) is 105 Å². The molecule has 0 saturated carbocycles. The lowest BCUT2D eigenvalue weighted by atomic mass is 9.87. The summed E-state index contributed by atoms with van der Waals surface area (Å²) in [6.45, 7) is 9.80. The second-order valence-corrected chi connectivity index (χ2v) is 10.9. The maximum Gasteiger partial charge on any atom is 0.417 e. The third-order valence-electron chi connectivity index (χ3n) is 7.06. The summed E-state index contributed by atoms with van der Waals surface area (Å²) in [5.74, 6) is -0.491. The van der Waals surface area contributed by atoms with Crippen LogP contribution in [-0.4, -0.2) is 40.0 Å². The molecule has 5 heteroatoms. The Morgan fingerprint density at radius 3 is 1.76 bits per heavy atom. The van der Waals surface area contributed by atoms with Crippen LogP contribution in [0.2, 0.25) is 0 Å². The average molecular weight is 499 g/mol. The molecule has 5 nitrogen and oxygen atoms in total. The zero-order valence-corrected chi connectivity index (χ0v) is 22.3. The third kappa shape index (κ3) is 6.66. The molecule has 1 aliphatic rings. The highest BCUT2D eigenvalue weighted by molar-refractivity contribution is 5.95. The zero-order valence-electron chi connectivity index (χ0n) is 22.3. The number of hydrogen-bond acceptors (Lipinski definition) is 4. The van der Waals surface area contributed by atoms with Crippen molar-refractivity contribution in [3.05, 3.63) is 108 Å². The van der Waals surface area contributed by atoms with Crippen LogP contribution in [-0.2, 0) is 29.0 Å². The van der Waals surface area contributed by atoms with Crippen LogP contribution in [0.1, 0.15) is 44.4 Å². The van der Waals surface area contributed by atoms with Gasteiger partial charge in [0.05, 0.1) is 12.0 Å². The number of cyclic esters (lactones) is 1. The van der Waals surface area contributed by atoms with Gasteiger partial charge in [0.25, 0.3) is 0 Å². The first-order chi connectivity index (χ1) is 17.7. The fraction of sp³-hybridized carbons (Fsp3) is 0.375. The lowest BCUT2D eigenvalue weighted by Gasteiger charge is -2.34. The summed E-state index contributed by atoms with van der Waals surface area (Å²) in [4.78, 5) is 31.0. The number of rotatable bonds is 10. The van der Waals surface area contributed by atoms with Crippen molar-refractivity contribution in [3.8, 4) is 0 Å². The fourth-order valence-corrected chi connectivity index (χ4v) is 5.59. The largest absolute Gasteiger partial charge is 0.441 e. The molecule has 194 valence electrons. The van der Waals surface area contributed by atoms with Gasteiger partial charge in [0.15, 0.2) is 0 Å². The Morgan fingerprint density at radius 2 is 1.30 bits per heavy atom. The van der Waals surface area contributed by atoms with Crippen LogP contribution in [0, 0.1) is 11.8 Å². The normalized spacial score (nSPS) is 17.7. The number of carbonyl (C=O) groups is 2. The molecule has 0 unspecified atom stereocenters. The molecular weight excluding hydrogens is 460 g/mol. The van der Waals surface area contributed by atoms with Crippen molar-refractivity contribution in [2.24, 2.45) is 11.8 Å². The third-order valence-corrected chi connectivity index (χ3v) is 7.06. The van der Waals surface area contributed by atoms with Crippen LogP contribution in [0.4, 0.5) is 4.79 Å². The maximum absolute atomic E-state index is 14.2. The lowest BCUT2D eigenvalue weighted by Crippen LogP contribution is -2.51. The summed E-state index contributed by atoms with van der Waals surface area (Å²) in [6, 6.07) is 30.4. The molecule has 0 spiro atoms. The number of amides is 2. The van der Waals surface area contributed by atoms with Crippen LogP contribution in [0.25, 0.3) is 0 Å². The Hall–Kier alpha value is -3.44. The molecule has 3 aromatic carbocycles. The Kier molecular flexibility index (Phi) is 8.45. The topological polar surface area (TPSA) is 49.9 Å².